The van der Waals surface area contributed by atoms with Crippen molar-refractivity contribution in [3.05, 3.63) is 65.0 Å². The summed E-state index contributed by atoms with van der Waals surface area (Å²) < 4.78 is 46.4. The normalized spacial score (nSPS) is 15.4. The molecule has 4 nitrogen and oxygen atoms in total. The van der Waals surface area contributed by atoms with Gasteiger partial charge in [0.2, 0.25) is 0 Å². The highest BCUT2D eigenvalue weighted by atomic mass is 19.3. The van der Waals surface area contributed by atoms with Crippen LogP contribution in [0.3, 0.4) is 0 Å². The first kappa shape index (κ1) is 19.2. The van der Waals surface area contributed by atoms with Gasteiger partial charge in [0.25, 0.3) is 5.92 Å². The van der Waals surface area contributed by atoms with Gasteiger partial charge < -0.3 is 9.84 Å². The predicted molar refractivity (Wildman–Crippen MR) is 93.1 cm³/mol. The molecule has 1 saturated heterocycles. The van der Waals surface area contributed by atoms with Gasteiger partial charge in [0.15, 0.2) is 11.6 Å². The minimum atomic E-state index is -2.95. The number of halogens is 3. The molecule has 0 saturated carbocycles. The maximum Gasteiger partial charge on any atom is 0.309 e. The largest absolute Gasteiger partial charge is 0.486 e. The van der Waals surface area contributed by atoms with Crippen molar-refractivity contribution in [3.63, 3.8) is 0 Å². The van der Waals surface area contributed by atoms with Crippen molar-refractivity contribution in [2.75, 3.05) is 13.1 Å². The number of rotatable bonds is 7. The van der Waals surface area contributed by atoms with Gasteiger partial charge in [0.05, 0.1) is 5.92 Å². The van der Waals surface area contributed by atoms with Crippen molar-refractivity contribution in [1.29, 1.82) is 0 Å². The quantitative estimate of drug-likeness (QED) is 0.789. The Kier molecular flexibility index (Phi) is 5.41. The van der Waals surface area contributed by atoms with E-state index in [9.17, 15) is 18.0 Å². The van der Waals surface area contributed by atoms with E-state index in [2.05, 4.69) is 0 Å². The molecule has 1 fully saturated rings. The molecule has 0 aromatic heterocycles. The molecule has 1 aliphatic rings. The molecule has 2 aromatic rings. The van der Waals surface area contributed by atoms with Crippen molar-refractivity contribution in [2.45, 2.75) is 26.0 Å². The lowest BCUT2D eigenvalue weighted by Gasteiger charge is -2.36. The lowest BCUT2D eigenvalue weighted by molar-refractivity contribution is -0.147. The first-order valence-corrected chi connectivity index (χ1v) is 8.56. The first-order chi connectivity index (χ1) is 12.7. The van der Waals surface area contributed by atoms with E-state index in [1.165, 1.54) is 30.3 Å². The Morgan fingerprint density at radius 2 is 1.96 bits per heavy atom. The molecule has 0 unspecified atom stereocenters. The van der Waals surface area contributed by atoms with Gasteiger partial charge in [-0.25, -0.2) is 13.2 Å². The molecule has 0 aliphatic carbocycles. The SMILES string of the molecule is CC(F)(F)c1cccc(COc2ccc(CN3CC(C(=O)O)C3)cc2F)c1. The van der Waals surface area contributed by atoms with E-state index in [1.54, 1.807) is 12.1 Å². The van der Waals surface area contributed by atoms with Gasteiger partial charge in [0.1, 0.15) is 6.61 Å². The van der Waals surface area contributed by atoms with Crippen LogP contribution in [0.15, 0.2) is 42.5 Å². The average molecular weight is 379 g/mol. The number of carboxylic acids is 1. The number of aliphatic carboxylic acids is 1. The van der Waals surface area contributed by atoms with E-state index in [-0.39, 0.29) is 23.8 Å². The van der Waals surface area contributed by atoms with E-state index in [1.807, 2.05) is 4.90 Å². The fraction of sp³-hybridized carbons (Fsp3) is 0.350. The molecule has 27 heavy (non-hydrogen) atoms. The van der Waals surface area contributed by atoms with Gasteiger partial charge in [0, 0.05) is 32.1 Å². The van der Waals surface area contributed by atoms with Crippen LogP contribution in [0.25, 0.3) is 0 Å². The zero-order valence-corrected chi connectivity index (χ0v) is 14.8. The number of nitrogens with zero attached hydrogens (tertiary/aromatic N) is 1. The molecule has 1 aliphatic heterocycles. The zero-order chi connectivity index (χ0) is 19.6. The molecule has 2 aromatic carbocycles. The summed E-state index contributed by atoms with van der Waals surface area (Å²) in [6.07, 6.45) is 0. The molecule has 0 radical (unpaired) electrons. The molecular formula is C20H20F3NO3. The summed E-state index contributed by atoms with van der Waals surface area (Å²) >= 11 is 0. The van der Waals surface area contributed by atoms with E-state index < -0.39 is 17.7 Å². The van der Waals surface area contributed by atoms with Crippen LogP contribution in [0.5, 0.6) is 5.75 Å². The summed E-state index contributed by atoms with van der Waals surface area (Å²) in [5, 5.41) is 8.87. The minimum absolute atomic E-state index is 0.0212. The van der Waals surface area contributed by atoms with Crippen molar-refractivity contribution >= 4 is 5.97 Å². The Balaban J connectivity index is 1.58. The lowest BCUT2D eigenvalue weighted by atomic mass is 9.99. The van der Waals surface area contributed by atoms with E-state index in [4.69, 9.17) is 9.84 Å². The first-order valence-electron chi connectivity index (χ1n) is 8.56. The molecule has 0 atom stereocenters. The second-order valence-corrected chi connectivity index (χ2v) is 6.87. The molecule has 0 amide bonds. The Morgan fingerprint density at radius 3 is 2.59 bits per heavy atom. The number of alkyl halides is 2. The topological polar surface area (TPSA) is 49.8 Å². The van der Waals surface area contributed by atoms with Gasteiger partial charge in [-0.3, -0.25) is 9.69 Å². The van der Waals surface area contributed by atoms with Crippen LogP contribution in [-0.4, -0.2) is 29.1 Å². The fourth-order valence-corrected chi connectivity index (χ4v) is 2.97. The number of hydrogen-bond donors (Lipinski definition) is 1. The van der Waals surface area contributed by atoms with Gasteiger partial charge in [-0.2, -0.15) is 0 Å². The zero-order valence-electron chi connectivity index (χ0n) is 14.8. The molecule has 1 N–H and O–H groups in total. The second-order valence-electron chi connectivity index (χ2n) is 6.87. The molecular weight excluding hydrogens is 359 g/mol. The van der Waals surface area contributed by atoms with Crippen molar-refractivity contribution in [2.24, 2.45) is 5.92 Å². The highest BCUT2D eigenvalue weighted by Gasteiger charge is 2.32. The maximum atomic E-state index is 14.2. The van der Waals surface area contributed by atoms with Crippen LogP contribution in [0.1, 0.15) is 23.6 Å². The summed E-state index contributed by atoms with van der Waals surface area (Å²) in [6, 6.07) is 10.4. The smallest absolute Gasteiger partial charge is 0.309 e. The molecule has 1 heterocycles. The van der Waals surface area contributed by atoms with Crippen LogP contribution in [0.4, 0.5) is 13.2 Å². The Bertz CT molecular complexity index is 829. The van der Waals surface area contributed by atoms with Crippen molar-refractivity contribution in [1.82, 2.24) is 4.90 Å². The maximum absolute atomic E-state index is 14.2. The van der Waals surface area contributed by atoms with Crippen LogP contribution in [-0.2, 0) is 23.9 Å². The van der Waals surface area contributed by atoms with Gasteiger partial charge >= 0.3 is 5.97 Å². The van der Waals surface area contributed by atoms with Crippen LogP contribution in [0.2, 0.25) is 0 Å². The third-order valence-electron chi connectivity index (χ3n) is 4.54. The summed E-state index contributed by atoms with van der Waals surface area (Å²) in [7, 11) is 0. The van der Waals surface area contributed by atoms with Crippen molar-refractivity contribution in [3.8, 4) is 5.75 Å². The summed E-state index contributed by atoms with van der Waals surface area (Å²) in [5.41, 5.74) is 1.13. The van der Waals surface area contributed by atoms with E-state index >= 15 is 0 Å². The monoisotopic (exact) mass is 379 g/mol. The van der Waals surface area contributed by atoms with Crippen LogP contribution in [0, 0.1) is 11.7 Å². The Morgan fingerprint density at radius 1 is 1.22 bits per heavy atom. The standard InChI is InChI=1S/C20H20F3NO3/c1-20(22,23)16-4-2-3-14(7-16)12-27-18-6-5-13(8-17(18)21)9-24-10-15(11-24)19(25)26/h2-8,15H,9-12H2,1H3,(H,25,26). The lowest BCUT2D eigenvalue weighted by Crippen LogP contribution is -2.49. The van der Waals surface area contributed by atoms with Gasteiger partial charge in [-0.15, -0.1) is 0 Å². The summed E-state index contributed by atoms with van der Waals surface area (Å²) in [6.45, 7) is 2.17. The second kappa shape index (κ2) is 7.60. The third-order valence-corrected chi connectivity index (χ3v) is 4.54. The molecule has 3 rings (SSSR count). The number of likely N-dealkylation sites (tertiary alicyclic amines) is 1. The molecule has 0 spiro atoms. The third kappa shape index (κ3) is 4.80. The number of carbonyl (C=O) groups is 1. The van der Waals surface area contributed by atoms with Crippen LogP contribution >= 0.6 is 0 Å². The highest BCUT2D eigenvalue weighted by Crippen LogP contribution is 2.28. The van der Waals surface area contributed by atoms with Gasteiger partial charge in [-0.1, -0.05) is 24.3 Å². The fourth-order valence-electron chi connectivity index (χ4n) is 2.97. The number of hydrogen-bond acceptors (Lipinski definition) is 3. The summed E-state index contributed by atoms with van der Waals surface area (Å²) in [4.78, 5) is 12.7. The van der Waals surface area contributed by atoms with Gasteiger partial charge in [-0.05, 0) is 29.3 Å². The molecule has 144 valence electrons. The molecule has 7 heteroatoms. The molecule has 0 bridgehead atoms. The van der Waals surface area contributed by atoms with E-state index in [0.29, 0.717) is 25.2 Å². The number of ether oxygens (including phenoxy) is 1. The van der Waals surface area contributed by atoms with Crippen LogP contribution < -0.4 is 4.74 Å². The summed E-state index contributed by atoms with van der Waals surface area (Å²) in [5.74, 6) is -4.62. The highest BCUT2D eigenvalue weighted by molar-refractivity contribution is 5.71. The van der Waals surface area contributed by atoms with Crippen molar-refractivity contribution < 1.29 is 27.8 Å². The Hall–Kier alpha value is -2.54. The Labute approximate surface area is 155 Å². The average Bonchev–Trinajstić information content (AvgIpc) is 2.56. The van der Waals surface area contributed by atoms with E-state index in [0.717, 1.165) is 12.5 Å². The number of benzene rings is 2. The number of carboxylic acid groups (broad SMARTS) is 1. The minimum Gasteiger partial charge on any atom is -0.486 e. The predicted octanol–water partition coefficient (Wildman–Crippen LogP) is 4.03.